The maximum Gasteiger partial charge on any atom is 0.257 e. The molecule has 2 N–H and O–H groups in total. The number of para-hydroxylation sites is 1. The number of ether oxygens (including phenoxy) is 2. The molecule has 0 radical (unpaired) electrons. The second kappa shape index (κ2) is 9.26. The molecule has 2 heterocycles. The molecule has 8 heteroatoms. The molecule has 3 aromatic rings. The summed E-state index contributed by atoms with van der Waals surface area (Å²) in [5, 5.41) is 3.23. The van der Waals surface area contributed by atoms with Gasteiger partial charge in [-0.25, -0.2) is 4.98 Å². The van der Waals surface area contributed by atoms with Gasteiger partial charge in [-0.2, -0.15) is 0 Å². The fraction of sp³-hybridized carbons (Fsp3) is 0.261. The first kappa shape index (κ1) is 21.0. The van der Waals surface area contributed by atoms with Gasteiger partial charge in [0, 0.05) is 23.7 Å². The summed E-state index contributed by atoms with van der Waals surface area (Å²) in [6.45, 7) is 2.31. The number of methoxy groups -OCH3 is 1. The number of nitrogens with zero attached hydrogens (tertiary/aromatic N) is 1. The minimum atomic E-state index is -0.482. The quantitative estimate of drug-likeness (QED) is 0.430. The molecule has 31 heavy (non-hydrogen) atoms. The summed E-state index contributed by atoms with van der Waals surface area (Å²) in [6.07, 6.45) is 0.126. The van der Waals surface area contributed by atoms with E-state index < -0.39 is 5.92 Å². The Bertz CT molecular complexity index is 1150. The van der Waals surface area contributed by atoms with E-state index in [-0.39, 0.29) is 17.9 Å². The molecule has 0 saturated carbocycles. The summed E-state index contributed by atoms with van der Waals surface area (Å²) < 4.78 is 11.3. The number of H-pyrrole nitrogens is 1. The number of amides is 1. The molecule has 0 unspecified atom stereocenters. The van der Waals surface area contributed by atoms with Crippen LogP contribution in [0, 0.1) is 0 Å². The lowest BCUT2D eigenvalue weighted by Crippen LogP contribution is -2.31. The molecule has 0 saturated heterocycles. The van der Waals surface area contributed by atoms with Crippen LogP contribution < -0.4 is 20.3 Å². The molecule has 1 atom stereocenters. The number of aromatic nitrogens is 2. The van der Waals surface area contributed by atoms with Gasteiger partial charge in [0.25, 0.3) is 5.56 Å². The molecule has 0 bridgehead atoms. The van der Waals surface area contributed by atoms with Crippen LogP contribution in [0.5, 0.6) is 11.5 Å². The molecule has 0 fully saturated rings. The Kier molecular flexibility index (Phi) is 6.27. The maximum atomic E-state index is 13.1. The predicted molar refractivity (Wildman–Crippen MR) is 120 cm³/mol. The highest BCUT2D eigenvalue weighted by molar-refractivity contribution is 7.98. The molecule has 0 spiro atoms. The first-order chi connectivity index (χ1) is 15.1. The molecule has 160 valence electrons. The van der Waals surface area contributed by atoms with E-state index in [1.807, 2.05) is 49.4 Å². The van der Waals surface area contributed by atoms with Crippen LogP contribution in [0.2, 0.25) is 0 Å². The van der Waals surface area contributed by atoms with Crippen LogP contribution in [0.1, 0.15) is 36.0 Å². The van der Waals surface area contributed by atoms with Crippen LogP contribution in [0.25, 0.3) is 0 Å². The van der Waals surface area contributed by atoms with Gasteiger partial charge < -0.3 is 19.8 Å². The van der Waals surface area contributed by atoms with Gasteiger partial charge in [-0.15, -0.1) is 0 Å². The van der Waals surface area contributed by atoms with E-state index in [0.717, 1.165) is 11.1 Å². The lowest BCUT2D eigenvalue weighted by molar-refractivity contribution is -0.116. The van der Waals surface area contributed by atoms with Crippen molar-refractivity contribution in [2.75, 3.05) is 19.0 Å². The molecule has 0 aliphatic carbocycles. The second-order valence-electron chi connectivity index (χ2n) is 7.02. The van der Waals surface area contributed by atoms with E-state index in [1.165, 1.54) is 11.8 Å². The zero-order valence-electron chi connectivity index (χ0n) is 17.3. The van der Waals surface area contributed by atoms with E-state index in [0.29, 0.717) is 40.4 Å². The third-order valence-corrected chi connectivity index (χ3v) is 5.99. The van der Waals surface area contributed by atoms with Crippen molar-refractivity contribution in [2.45, 2.75) is 30.2 Å². The minimum absolute atomic E-state index is 0.126. The molecule has 7 nitrogen and oxygen atoms in total. The van der Waals surface area contributed by atoms with Gasteiger partial charge in [-0.1, -0.05) is 54.2 Å². The summed E-state index contributed by atoms with van der Waals surface area (Å²) >= 11 is 1.41. The van der Waals surface area contributed by atoms with Crippen molar-refractivity contribution in [3.63, 3.8) is 0 Å². The normalized spacial score (nSPS) is 15.2. The van der Waals surface area contributed by atoms with Gasteiger partial charge in [0.1, 0.15) is 5.82 Å². The molecule has 1 aliphatic heterocycles. The van der Waals surface area contributed by atoms with Crippen molar-refractivity contribution in [3.8, 4) is 11.5 Å². The van der Waals surface area contributed by atoms with Gasteiger partial charge in [0.15, 0.2) is 16.7 Å². The summed E-state index contributed by atoms with van der Waals surface area (Å²) in [4.78, 5) is 33.0. The van der Waals surface area contributed by atoms with Crippen LogP contribution in [0.15, 0.2) is 58.5 Å². The fourth-order valence-corrected chi connectivity index (χ4v) is 4.49. The number of benzene rings is 2. The topological polar surface area (TPSA) is 93.3 Å². The Balaban J connectivity index is 1.72. The summed E-state index contributed by atoms with van der Waals surface area (Å²) in [7, 11) is 1.56. The lowest BCUT2D eigenvalue weighted by Gasteiger charge is -2.26. The highest BCUT2D eigenvalue weighted by atomic mass is 32.2. The van der Waals surface area contributed by atoms with E-state index in [2.05, 4.69) is 15.3 Å². The number of thioether (sulfide) groups is 1. The van der Waals surface area contributed by atoms with Gasteiger partial charge >= 0.3 is 0 Å². The van der Waals surface area contributed by atoms with E-state index in [9.17, 15) is 9.59 Å². The van der Waals surface area contributed by atoms with E-state index in [4.69, 9.17) is 9.47 Å². The first-order valence-corrected chi connectivity index (χ1v) is 11.0. The zero-order valence-corrected chi connectivity index (χ0v) is 18.1. The van der Waals surface area contributed by atoms with Crippen LogP contribution in [0.3, 0.4) is 0 Å². The molecule has 4 rings (SSSR count). The Morgan fingerprint density at radius 1 is 1.13 bits per heavy atom. The number of anilines is 1. The van der Waals surface area contributed by atoms with Crippen molar-refractivity contribution < 1.29 is 14.3 Å². The average molecular weight is 438 g/mol. The smallest absolute Gasteiger partial charge is 0.257 e. The van der Waals surface area contributed by atoms with Gasteiger partial charge in [-0.05, 0) is 18.6 Å². The maximum absolute atomic E-state index is 13.1. The summed E-state index contributed by atoms with van der Waals surface area (Å²) in [5.74, 6) is 1.38. The largest absolute Gasteiger partial charge is 0.493 e. The van der Waals surface area contributed by atoms with Crippen molar-refractivity contribution in [3.05, 3.63) is 75.6 Å². The van der Waals surface area contributed by atoms with E-state index in [1.54, 1.807) is 13.2 Å². The molecule has 1 amide bonds. The van der Waals surface area contributed by atoms with Crippen LogP contribution in [0.4, 0.5) is 5.82 Å². The summed E-state index contributed by atoms with van der Waals surface area (Å²) in [5.41, 5.74) is 2.01. The number of carbonyl (C=O) groups is 1. The highest BCUT2D eigenvalue weighted by Gasteiger charge is 2.33. The standard InChI is InChI=1S/C23H23N3O4S/c1-3-30-20-15(10-7-11-17(20)29-2)16-12-18(27)24-21-19(16)22(28)26-23(25-21)31-13-14-8-5-4-6-9-14/h4-11,16H,3,12-13H2,1-2H3,(H2,24,25,26,27,28)/t16-/m0/s1. The molecular formula is C23H23N3O4S. The Morgan fingerprint density at radius 2 is 1.94 bits per heavy atom. The molecule has 1 aromatic heterocycles. The Hall–Kier alpha value is -3.26. The number of hydrogen-bond acceptors (Lipinski definition) is 6. The van der Waals surface area contributed by atoms with Crippen molar-refractivity contribution >= 4 is 23.5 Å². The molecule has 2 aromatic carbocycles. The number of rotatable bonds is 7. The number of nitrogens with one attached hydrogen (secondary N) is 2. The number of carbonyl (C=O) groups excluding carboxylic acids is 1. The number of aromatic amines is 1. The number of hydrogen-bond donors (Lipinski definition) is 2. The van der Waals surface area contributed by atoms with Crippen LogP contribution in [-0.4, -0.2) is 29.6 Å². The molecule has 1 aliphatic rings. The lowest BCUT2D eigenvalue weighted by atomic mass is 9.86. The van der Waals surface area contributed by atoms with E-state index >= 15 is 0 Å². The van der Waals surface area contributed by atoms with Crippen molar-refractivity contribution in [1.82, 2.24) is 9.97 Å². The minimum Gasteiger partial charge on any atom is -0.493 e. The highest BCUT2D eigenvalue weighted by Crippen LogP contribution is 2.42. The first-order valence-electron chi connectivity index (χ1n) is 10.0. The van der Waals surface area contributed by atoms with Gasteiger partial charge in [0.2, 0.25) is 5.91 Å². The molecular weight excluding hydrogens is 414 g/mol. The Morgan fingerprint density at radius 3 is 2.68 bits per heavy atom. The third kappa shape index (κ3) is 4.44. The SMILES string of the molecule is CCOc1c(OC)cccc1[C@@H]1CC(=O)Nc2nc(SCc3ccccc3)[nH]c(=O)c21. The monoisotopic (exact) mass is 437 g/mol. The van der Waals surface area contributed by atoms with Gasteiger partial charge in [-0.3, -0.25) is 9.59 Å². The second-order valence-corrected chi connectivity index (χ2v) is 7.99. The van der Waals surface area contributed by atoms with Crippen molar-refractivity contribution in [2.24, 2.45) is 0 Å². The number of fused-ring (bicyclic) bond motifs is 1. The third-order valence-electron chi connectivity index (χ3n) is 5.04. The van der Waals surface area contributed by atoms with Crippen LogP contribution >= 0.6 is 11.8 Å². The van der Waals surface area contributed by atoms with Gasteiger partial charge in [0.05, 0.1) is 19.3 Å². The average Bonchev–Trinajstić information content (AvgIpc) is 2.78. The fourth-order valence-electron chi connectivity index (χ4n) is 3.68. The zero-order chi connectivity index (χ0) is 21.8. The summed E-state index contributed by atoms with van der Waals surface area (Å²) in [6, 6.07) is 15.4. The van der Waals surface area contributed by atoms with Crippen molar-refractivity contribution in [1.29, 1.82) is 0 Å². The van der Waals surface area contributed by atoms with Crippen LogP contribution in [-0.2, 0) is 10.5 Å². The predicted octanol–water partition coefficient (Wildman–Crippen LogP) is 3.94. The Labute approximate surface area is 184 Å².